The van der Waals surface area contributed by atoms with Gasteiger partial charge in [0.2, 0.25) is 0 Å². The molecule has 20 heavy (non-hydrogen) atoms. The molecule has 3 aliphatic carbocycles. The Kier molecular flexibility index (Phi) is 3.05. The van der Waals surface area contributed by atoms with Gasteiger partial charge in [0.25, 0.3) is 0 Å². The third kappa shape index (κ3) is 2.35. The Morgan fingerprint density at radius 1 is 1.35 bits per heavy atom. The molecule has 1 heterocycles. The molecule has 0 saturated heterocycles. The number of hydrogen-bond acceptors (Lipinski definition) is 2. The van der Waals surface area contributed by atoms with Gasteiger partial charge in [-0.05, 0) is 78.6 Å². The topological polar surface area (TPSA) is 29.9 Å². The number of nitrogens with zero attached hydrogens (tertiary/aromatic N) is 2. The molecule has 4 rings (SSSR count). The third-order valence-corrected chi connectivity index (χ3v) is 6.64. The Balaban J connectivity index is 1.55. The Bertz CT molecular complexity index is 522. The number of hydrogen-bond donors (Lipinski definition) is 1. The third-order valence-electron chi connectivity index (χ3n) is 5.61. The lowest BCUT2D eigenvalue weighted by molar-refractivity contribution is 0.242. The van der Waals surface area contributed by atoms with Gasteiger partial charge in [0.05, 0.1) is 15.9 Å². The smallest absolute Gasteiger partial charge is 0.0738 e. The van der Waals surface area contributed by atoms with Crippen molar-refractivity contribution in [3.63, 3.8) is 0 Å². The Morgan fingerprint density at radius 3 is 2.60 bits per heavy atom. The fraction of sp³-hybridized carbons (Fsp3) is 0.812. The van der Waals surface area contributed by atoms with Crippen LogP contribution in [0.4, 0.5) is 0 Å². The van der Waals surface area contributed by atoms with Crippen molar-refractivity contribution < 1.29 is 0 Å². The quantitative estimate of drug-likeness (QED) is 0.894. The van der Waals surface area contributed by atoms with E-state index in [4.69, 9.17) is 0 Å². The highest BCUT2D eigenvalue weighted by Gasteiger charge is 2.54. The van der Waals surface area contributed by atoms with Crippen LogP contribution in [0.2, 0.25) is 0 Å². The second-order valence-electron chi connectivity index (χ2n) is 7.47. The second-order valence-corrected chi connectivity index (χ2v) is 8.26. The molecule has 1 aromatic rings. The summed E-state index contributed by atoms with van der Waals surface area (Å²) < 4.78 is 3.31. The first-order valence-electron chi connectivity index (χ1n) is 7.98. The summed E-state index contributed by atoms with van der Waals surface area (Å²) in [4.78, 5) is 0. The van der Waals surface area contributed by atoms with Crippen LogP contribution in [0.5, 0.6) is 0 Å². The van der Waals surface area contributed by atoms with Gasteiger partial charge in [-0.25, -0.2) is 0 Å². The monoisotopic (exact) mass is 337 g/mol. The molecule has 3 saturated carbocycles. The number of nitrogens with one attached hydrogen (secondary N) is 1. The summed E-state index contributed by atoms with van der Waals surface area (Å²) >= 11 is 3.75. The van der Waals surface area contributed by atoms with E-state index in [1.807, 2.05) is 0 Å². The minimum absolute atomic E-state index is 0.485. The van der Waals surface area contributed by atoms with Gasteiger partial charge in [-0.15, -0.1) is 0 Å². The minimum Gasteiger partial charge on any atom is -0.313 e. The fourth-order valence-electron chi connectivity index (χ4n) is 4.23. The molecule has 2 atom stereocenters. The van der Waals surface area contributed by atoms with Gasteiger partial charge in [0, 0.05) is 19.6 Å². The lowest BCUT2D eigenvalue weighted by Crippen LogP contribution is -2.36. The van der Waals surface area contributed by atoms with Gasteiger partial charge in [0.1, 0.15) is 0 Å². The lowest BCUT2D eigenvalue weighted by Gasteiger charge is -2.31. The van der Waals surface area contributed by atoms with Gasteiger partial charge >= 0.3 is 0 Å². The normalized spacial score (nSPS) is 35.4. The minimum atomic E-state index is 0.485. The summed E-state index contributed by atoms with van der Waals surface area (Å²) in [5.74, 6) is 2.06. The standard InChI is InChI=1S/C16H24BrN3/c1-10-15(17)14(20(2)19-10)8-16(9-18-13-3-4-13)6-11-5-12(11)7-16/h11-13,18H,3-9H2,1-2H3. The molecule has 3 nitrogen and oxygen atoms in total. The molecule has 110 valence electrons. The summed E-state index contributed by atoms with van der Waals surface area (Å²) in [6.45, 7) is 3.30. The maximum atomic E-state index is 4.57. The van der Waals surface area contributed by atoms with Crippen LogP contribution in [-0.4, -0.2) is 22.4 Å². The van der Waals surface area contributed by atoms with Crippen LogP contribution < -0.4 is 5.32 Å². The Morgan fingerprint density at radius 2 is 2.05 bits per heavy atom. The maximum Gasteiger partial charge on any atom is 0.0738 e. The summed E-state index contributed by atoms with van der Waals surface area (Å²) in [6.07, 6.45) is 8.30. The van der Waals surface area contributed by atoms with Crippen LogP contribution in [0, 0.1) is 24.2 Å². The highest BCUT2D eigenvalue weighted by Crippen LogP contribution is 2.61. The summed E-state index contributed by atoms with van der Waals surface area (Å²) in [7, 11) is 2.09. The van der Waals surface area contributed by atoms with Crippen molar-refractivity contribution in [2.75, 3.05) is 6.54 Å². The van der Waals surface area contributed by atoms with Crippen LogP contribution in [0.3, 0.4) is 0 Å². The van der Waals surface area contributed by atoms with Crippen molar-refractivity contribution in [1.82, 2.24) is 15.1 Å². The molecule has 0 bridgehead atoms. The molecule has 0 aromatic carbocycles. The number of halogens is 1. The number of aromatic nitrogens is 2. The van der Waals surface area contributed by atoms with E-state index in [2.05, 4.69) is 45.0 Å². The van der Waals surface area contributed by atoms with Gasteiger partial charge in [-0.3, -0.25) is 4.68 Å². The molecule has 0 amide bonds. The molecule has 0 spiro atoms. The van der Waals surface area contributed by atoms with Crippen LogP contribution in [0.25, 0.3) is 0 Å². The molecule has 0 radical (unpaired) electrons. The van der Waals surface area contributed by atoms with Crippen molar-refractivity contribution >= 4 is 15.9 Å². The first-order valence-corrected chi connectivity index (χ1v) is 8.77. The average molecular weight is 338 g/mol. The molecule has 0 aliphatic heterocycles. The van der Waals surface area contributed by atoms with E-state index in [1.165, 1.54) is 55.2 Å². The van der Waals surface area contributed by atoms with Gasteiger partial charge in [-0.2, -0.15) is 5.10 Å². The van der Waals surface area contributed by atoms with Crippen LogP contribution in [0.1, 0.15) is 43.5 Å². The van der Waals surface area contributed by atoms with Crippen molar-refractivity contribution in [2.24, 2.45) is 24.3 Å². The Labute approximate surface area is 129 Å². The van der Waals surface area contributed by atoms with E-state index in [1.54, 1.807) is 0 Å². The highest BCUT2D eigenvalue weighted by atomic mass is 79.9. The number of rotatable bonds is 5. The van der Waals surface area contributed by atoms with Crippen LogP contribution in [0.15, 0.2) is 4.47 Å². The number of aryl methyl sites for hydroxylation is 2. The molecule has 1 aromatic heterocycles. The van der Waals surface area contributed by atoms with Gasteiger partial charge < -0.3 is 5.32 Å². The predicted molar refractivity (Wildman–Crippen MR) is 83.6 cm³/mol. The highest BCUT2D eigenvalue weighted by molar-refractivity contribution is 9.10. The zero-order valence-electron chi connectivity index (χ0n) is 12.5. The van der Waals surface area contributed by atoms with Crippen molar-refractivity contribution in [3.05, 3.63) is 15.9 Å². The molecule has 2 unspecified atom stereocenters. The van der Waals surface area contributed by atoms with Crippen LogP contribution >= 0.6 is 15.9 Å². The fourth-order valence-corrected chi connectivity index (χ4v) is 4.71. The first-order chi connectivity index (χ1) is 9.56. The van der Waals surface area contributed by atoms with Crippen LogP contribution in [-0.2, 0) is 13.5 Å². The molecular weight excluding hydrogens is 314 g/mol. The molecule has 4 heteroatoms. The van der Waals surface area contributed by atoms with E-state index in [9.17, 15) is 0 Å². The van der Waals surface area contributed by atoms with E-state index in [0.717, 1.165) is 23.6 Å². The molecule has 1 N–H and O–H groups in total. The van der Waals surface area contributed by atoms with Crippen molar-refractivity contribution in [1.29, 1.82) is 0 Å². The predicted octanol–water partition coefficient (Wildman–Crippen LogP) is 3.20. The molecule has 3 aliphatic rings. The van der Waals surface area contributed by atoms with Crippen molar-refractivity contribution in [3.8, 4) is 0 Å². The Hall–Kier alpha value is -0.350. The summed E-state index contributed by atoms with van der Waals surface area (Å²) in [5, 5.41) is 8.37. The van der Waals surface area contributed by atoms with Gasteiger partial charge in [-0.1, -0.05) is 0 Å². The van der Waals surface area contributed by atoms with E-state index < -0.39 is 0 Å². The van der Waals surface area contributed by atoms with Gasteiger partial charge in [0.15, 0.2) is 0 Å². The van der Waals surface area contributed by atoms with E-state index >= 15 is 0 Å². The SMILES string of the molecule is Cc1nn(C)c(CC2(CNC3CC3)CC3CC3C2)c1Br. The first kappa shape index (κ1) is 13.3. The summed E-state index contributed by atoms with van der Waals surface area (Å²) in [6, 6.07) is 0.820. The largest absolute Gasteiger partial charge is 0.313 e. The molecular formula is C16H24BrN3. The maximum absolute atomic E-state index is 4.57. The second kappa shape index (κ2) is 4.57. The number of fused-ring (bicyclic) bond motifs is 1. The van der Waals surface area contributed by atoms with Crippen molar-refractivity contribution in [2.45, 2.75) is 51.5 Å². The average Bonchev–Trinajstić information content (AvgIpc) is 3.32. The summed E-state index contributed by atoms with van der Waals surface area (Å²) in [5.41, 5.74) is 3.00. The van der Waals surface area contributed by atoms with E-state index in [-0.39, 0.29) is 0 Å². The lowest BCUT2D eigenvalue weighted by atomic mass is 9.78. The molecule has 3 fully saturated rings. The zero-order chi connectivity index (χ0) is 13.9. The zero-order valence-corrected chi connectivity index (χ0v) is 14.0. The van der Waals surface area contributed by atoms with E-state index in [0.29, 0.717) is 5.41 Å².